The lowest BCUT2D eigenvalue weighted by atomic mass is 9.94. The highest BCUT2D eigenvalue weighted by Crippen LogP contribution is 2.30. The highest BCUT2D eigenvalue weighted by molar-refractivity contribution is 6.06. The Balaban J connectivity index is 1.62. The molecule has 1 aromatic heterocycles. The molecule has 3 amide bonds. The number of hydrogen-bond donors (Lipinski definition) is 2. The summed E-state index contributed by atoms with van der Waals surface area (Å²) in [6.07, 6.45) is 5.88. The van der Waals surface area contributed by atoms with Crippen LogP contribution in [-0.4, -0.2) is 50.5 Å². The van der Waals surface area contributed by atoms with Crippen molar-refractivity contribution in [3.05, 3.63) is 46.8 Å². The first-order valence-corrected chi connectivity index (χ1v) is 12.3. The van der Waals surface area contributed by atoms with Gasteiger partial charge < -0.3 is 15.5 Å². The molecule has 0 radical (unpaired) electrons. The Hall–Kier alpha value is -3.16. The molecule has 1 aromatic carbocycles. The van der Waals surface area contributed by atoms with E-state index in [0.29, 0.717) is 12.2 Å². The molecule has 2 aromatic rings. The van der Waals surface area contributed by atoms with E-state index in [9.17, 15) is 14.4 Å². The Morgan fingerprint density at radius 2 is 1.85 bits per heavy atom. The third-order valence-electron chi connectivity index (χ3n) is 7.16. The van der Waals surface area contributed by atoms with Crippen molar-refractivity contribution < 1.29 is 14.4 Å². The van der Waals surface area contributed by atoms with Crippen LogP contribution < -0.4 is 10.6 Å². The molecule has 1 aliphatic carbocycles. The number of nitrogens with zero attached hydrogens (tertiary/aromatic N) is 3. The molecule has 2 heterocycles. The fourth-order valence-electron chi connectivity index (χ4n) is 5.02. The van der Waals surface area contributed by atoms with Crippen molar-refractivity contribution >= 4 is 23.4 Å². The molecule has 1 aliphatic heterocycles. The SMILES string of the molecule is CCCCN1C(=O)c2cc(C(=O)Nc3c(C)cccc3C)nn2CC1(C)C(=O)NC1CCCC1. The number of aryl methyl sites for hydroxylation is 2. The molecule has 2 aliphatic rings. The summed E-state index contributed by atoms with van der Waals surface area (Å²) in [4.78, 5) is 41.7. The maximum atomic E-state index is 13.5. The summed E-state index contributed by atoms with van der Waals surface area (Å²) < 4.78 is 1.53. The summed E-state index contributed by atoms with van der Waals surface area (Å²) in [5.41, 5.74) is 2.10. The van der Waals surface area contributed by atoms with Crippen molar-refractivity contribution in [2.75, 3.05) is 11.9 Å². The Kier molecular flexibility index (Phi) is 6.77. The van der Waals surface area contributed by atoms with Crippen LogP contribution in [0.3, 0.4) is 0 Å². The van der Waals surface area contributed by atoms with Crippen LogP contribution in [0, 0.1) is 13.8 Å². The van der Waals surface area contributed by atoms with E-state index in [0.717, 1.165) is 55.3 Å². The molecule has 1 fully saturated rings. The van der Waals surface area contributed by atoms with E-state index in [4.69, 9.17) is 0 Å². The van der Waals surface area contributed by atoms with Crippen LogP contribution in [0.1, 0.15) is 84.5 Å². The van der Waals surface area contributed by atoms with Crippen molar-refractivity contribution in [2.45, 2.75) is 84.3 Å². The molecule has 0 bridgehead atoms. The van der Waals surface area contributed by atoms with Gasteiger partial charge in [0.1, 0.15) is 11.2 Å². The lowest BCUT2D eigenvalue weighted by Crippen LogP contribution is -2.65. The minimum Gasteiger partial charge on any atom is -0.351 e. The Morgan fingerprint density at radius 3 is 2.50 bits per heavy atom. The van der Waals surface area contributed by atoms with E-state index in [1.165, 1.54) is 4.68 Å². The van der Waals surface area contributed by atoms with Gasteiger partial charge in [-0.3, -0.25) is 19.1 Å². The molecule has 0 saturated heterocycles. The summed E-state index contributed by atoms with van der Waals surface area (Å²) in [6.45, 7) is 8.44. The summed E-state index contributed by atoms with van der Waals surface area (Å²) in [5.74, 6) is -0.779. The van der Waals surface area contributed by atoms with Gasteiger partial charge in [-0.15, -0.1) is 0 Å². The molecule has 1 atom stereocenters. The maximum Gasteiger partial charge on any atom is 0.276 e. The topological polar surface area (TPSA) is 96.3 Å². The van der Waals surface area contributed by atoms with Crippen molar-refractivity contribution in [1.82, 2.24) is 20.0 Å². The molecule has 8 heteroatoms. The molecular formula is C26H35N5O3. The second kappa shape index (κ2) is 9.60. The second-order valence-corrected chi connectivity index (χ2v) is 9.83. The van der Waals surface area contributed by atoms with Gasteiger partial charge in [-0.2, -0.15) is 5.10 Å². The lowest BCUT2D eigenvalue weighted by Gasteiger charge is -2.43. The smallest absolute Gasteiger partial charge is 0.276 e. The van der Waals surface area contributed by atoms with E-state index < -0.39 is 5.54 Å². The zero-order chi connectivity index (χ0) is 24.5. The molecule has 34 heavy (non-hydrogen) atoms. The highest BCUT2D eigenvalue weighted by Gasteiger charge is 2.48. The molecule has 8 nitrogen and oxygen atoms in total. The van der Waals surface area contributed by atoms with Gasteiger partial charge in [-0.25, -0.2) is 0 Å². The number of hydrogen-bond acceptors (Lipinski definition) is 4. The van der Waals surface area contributed by atoms with E-state index in [-0.39, 0.29) is 36.0 Å². The number of para-hydroxylation sites is 1. The van der Waals surface area contributed by atoms with Gasteiger partial charge in [0.15, 0.2) is 5.69 Å². The summed E-state index contributed by atoms with van der Waals surface area (Å²) in [7, 11) is 0. The van der Waals surface area contributed by atoms with Crippen molar-refractivity contribution in [1.29, 1.82) is 0 Å². The van der Waals surface area contributed by atoms with Gasteiger partial charge in [0.2, 0.25) is 5.91 Å². The van der Waals surface area contributed by atoms with Crippen LogP contribution in [0.5, 0.6) is 0 Å². The predicted octanol–water partition coefficient (Wildman–Crippen LogP) is 3.83. The number of anilines is 1. The fourth-order valence-corrected chi connectivity index (χ4v) is 5.02. The highest BCUT2D eigenvalue weighted by atomic mass is 16.2. The standard InChI is InChI=1S/C26H35N5O3/c1-5-6-14-30-24(33)21-15-20(23(32)28-22-17(2)10-9-11-18(22)3)29-31(21)16-26(30,4)25(34)27-19-12-7-8-13-19/h9-11,15,19H,5-8,12-14,16H2,1-4H3,(H,27,34)(H,28,32). The number of benzene rings is 1. The molecule has 182 valence electrons. The van der Waals surface area contributed by atoms with Crippen molar-refractivity contribution in [3.63, 3.8) is 0 Å². The van der Waals surface area contributed by atoms with Crippen molar-refractivity contribution in [2.24, 2.45) is 0 Å². The zero-order valence-electron chi connectivity index (χ0n) is 20.6. The number of nitrogens with one attached hydrogen (secondary N) is 2. The van der Waals surface area contributed by atoms with Gasteiger partial charge >= 0.3 is 0 Å². The number of fused-ring (bicyclic) bond motifs is 1. The monoisotopic (exact) mass is 465 g/mol. The quantitative estimate of drug-likeness (QED) is 0.650. The normalized spacial score (nSPS) is 20.4. The Morgan fingerprint density at radius 1 is 1.18 bits per heavy atom. The van der Waals surface area contributed by atoms with Gasteiger partial charge in [0, 0.05) is 24.3 Å². The fraction of sp³-hybridized carbons (Fsp3) is 0.538. The molecule has 4 rings (SSSR count). The minimum absolute atomic E-state index is 0.147. The van der Waals surface area contributed by atoms with Crippen molar-refractivity contribution in [3.8, 4) is 0 Å². The van der Waals surface area contributed by atoms with Gasteiger partial charge in [0.05, 0.1) is 6.54 Å². The van der Waals surface area contributed by atoms with E-state index in [2.05, 4.69) is 22.7 Å². The molecule has 1 unspecified atom stereocenters. The zero-order valence-corrected chi connectivity index (χ0v) is 20.6. The largest absolute Gasteiger partial charge is 0.351 e. The second-order valence-electron chi connectivity index (χ2n) is 9.83. The summed E-state index contributed by atoms with van der Waals surface area (Å²) in [6, 6.07) is 7.51. The molecule has 0 spiro atoms. The number of carbonyl (C=O) groups excluding carboxylic acids is 3. The summed E-state index contributed by atoms with van der Waals surface area (Å²) in [5, 5.41) is 10.6. The van der Waals surface area contributed by atoms with E-state index in [1.54, 1.807) is 11.0 Å². The van der Waals surface area contributed by atoms with Crippen LogP contribution in [0.2, 0.25) is 0 Å². The summed E-state index contributed by atoms with van der Waals surface area (Å²) >= 11 is 0. The van der Waals surface area contributed by atoms with Gasteiger partial charge in [-0.05, 0) is 51.2 Å². The third-order valence-corrected chi connectivity index (χ3v) is 7.16. The number of carbonyl (C=O) groups is 3. The van der Waals surface area contributed by atoms with E-state index >= 15 is 0 Å². The minimum atomic E-state index is -1.06. The molecular weight excluding hydrogens is 430 g/mol. The average Bonchev–Trinajstić information content (AvgIpc) is 3.46. The Bertz CT molecular complexity index is 1080. The maximum absolute atomic E-state index is 13.5. The molecule has 1 saturated carbocycles. The van der Waals surface area contributed by atoms with Crippen LogP contribution in [0.4, 0.5) is 5.69 Å². The first-order valence-electron chi connectivity index (χ1n) is 12.3. The first-order chi connectivity index (χ1) is 16.2. The predicted molar refractivity (Wildman–Crippen MR) is 131 cm³/mol. The third kappa shape index (κ3) is 4.45. The van der Waals surface area contributed by atoms with Gasteiger partial charge in [0.25, 0.3) is 11.8 Å². The number of amides is 3. The first kappa shape index (κ1) is 24.0. The van der Waals surface area contributed by atoms with Gasteiger partial charge in [-0.1, -0.05) is 44.4 Å². The van der Waals surface area contributed by atoms with Crippen LogP contribution in [-0.2, 0) is 11.3 Å². The number of aromatic nitrogens is 2. The number of rotatable bonds is 7. The average molecular weight is 466 g/mol. The van der Waals surface area contributed by atoms with E-state index in [1.807, 2.05) is 39.0 Å². The van der Waals surface area contributed by atoms with Crippen LogP contribution in [0.25, 0.3) is 0 Å². The van der Waals surface area contributed by atoms with Crippen LogP contribution >= 0.6 is 0 Å². The molecule has 2 N–H and O–H groups in total. The number of unbranched alkanes of at least 4 members (excludes halogenated alkanes) is 1. The Labute approximate surface area is 201 Å². The van der Waals surface area contributed by atoms with Crippen LogP contribution in [0.15, 0.2) is 24.3 Å². The lowest BCUT2D eigenvalue weighted by molar-refractivity contribution is -0.133.